The van der Waals surface area contributed by atoms with Crippen LogP contribution in [-0.4, -0.2) is 37.7 Å². The van der Waals surface area contributed by atoms with E-state index in [2.05, 4.69) is 34.5 Å². The second kappa shape index (κ2) is 8.84. The molecule has 1 aliphatic heterocycles. The molecule has 1 saturated carbocycles. The van der Waals surface area contributed by atoms with Crippen molar-refractivity contribution in [2.45, 2.75) is 25.8 Å². The summed E-state index contributed by atoms with van der Waals surface area (Å²) < 4.78 is 5.65. The Kier molecular flexibility index (Phi) is 7.82. The number of nitrogens with one attached hydrogen (secondary N) is 1. The number of nitrogens with zero attached hydrogens (tertiary/aromatic N) is 1. The maximum Gasteiger partial charge on any atom is 0.119 e. The van der Waals surface area contributed by atoms with Crippen LogP contribution in [0.1, 0.15) is 31.4 Å². The maximum absolute atomic E-state index is 5.65. The molecule has 0 radical (unpaired) electrons. The summed E-state index contributed by atoms with van der Waals surface area (Å²) in [6, 6.07) is 9.32. The Balaban J connectivity index is 0.00000110. The van der Waals surface area contributed by atoms with E-state index in [4.69, 9.17) is 4.74 Å². The highest BCUT2D eigenvalue weighted by Gasteiger charge is 2.36. The molecule has 1 aromatic rings. The summed E-state index contributed by atoms with van der Waals surface area (Å²) in [6.07, 6.45) is 2.76. The van der Waals surface area contributed by atoms with Gasteiger partial charge in [0.05, 0.1) is 6.61 Å². The SMILES string of the molecule is CCOc1cccc([C@H](C2CC2)N2CCNCC2)c1.Cl.Cl. The first-order valence-corrected chi connectivity index (χ1v) is 7.56. The van der Waals surface area contributed by atoms with Gasteiger partial charge in [-0.1, -0.05) is 12.1 Å². The van der Waals surface area contributed by atoms with Gasteiger partial charge in [-0.2, -0.15) is 0 Å². The molecule has 0 bridgehead atoms. The van der Waals surface area contributed by atoms with E-state index in [1.165, 1.54) is 31.5 Å². The van der Waals surface area contributed by atoms with Crippen LogP contribution in [0.4, 0.5) is 0 Å². The molecule has 3 nitrogen and oxygen atoms in total. The third-order valence-corrected chi connectivity index (χ3v) is 4.12. The molecule has 2 aliphatic rings. The van der Waals surface area contributed by atoms with Crippen molar-refractivity contribution >= 4 is 24.8 Å². The minimum atomic E-state index is 0. The van der Waals surface area contributed by atoms with E-state index in [0.29, 0.717) is 6.04 Å². The van der Waals surface area contributed by atoms with E-state index in [9.17, 15) is 0 Å². The molecule has 0 aromatic heterocycles. The molecule has 1 aliphatic carbocycles. The Morgan fingerprint density at radius 3 is 2.57 bits per heavy atom. The van der Waals surface area contributed by atoms with Crippen LogP contribution in [0.15, 0.2) is 24.3 Å². The van der Waals surface area contributed by atoms with E-state index in [1.807, 2.05) is 6.92 Å². The first-order valence-electron chi connectivity index (χ1n) is 7.56. The normalized spacial score (nSPS) is 20.0. The molecule has 0 amide bonds. The molecule has 1 heterocycles. The molecule has 120 valence electrons. The molecule has 1 aromatic carbocycles. The topological polar surface area (TPSA) is 24.5 Å². The van der Waals surface area contributed by atoms with Gasteiger partial charge >= 0.3 is 0 Å². The van der Waals surface area contributed by atoms with Gasteiger partial charge < -0.3 is 10.1 Å². The molecule has 2 fully saturated rings. The van der Waals surface area contributed by atoms with Crippen LogP contribution in [0.2, 0.25) is 0 Å². The molecule has 21 heavy (non-hydrogen) atoms. The zero-order chi connectivity index (χ0) is 13.1. The molecule has 1 N–H and O–H groups in total. The van der Waals surface area contributed by atoms with Crippen molar-refractivity contribution in [1.29, 1.82) is 0 Å². The number of piperazine rings is 1. The van der Waals surface area contributed by atoms with Crippen molar-refractivity contribution in [3.8, 4) is 5.75 Å². The highest BCUT2D eigenvalue weighted by molar-refractivity contribution is 5.85. The van der Waals surface area contributed by atoms with E-state index < -0.39 is 0 Å². The zero-order valence-corrected chi connectivity index (χ0v) is 14.2. The van der Waals surface area contributed by atoms with Crippen LogP contribution in [0.5, 0.6) is 5.75 Å². The van der Waals surface area contributed by atoms with Gasteiger partial charge in [-0.3, -0.25) is 4.90 Å². The van der Waals surface area contributed by atoms with Gasteiger partial charge in [0.25, 0.3) is 0 Å². The Morgan fingerprint density at radius 1 is 1.24 bits per heavy atom. The monoisotopic (exact) mass is 332 g/mol. The highest BCUT2D eigenvalue weighted by Crippen LogP contribution is 2.45. The van der Waals surface area contributed by atoms with Crippen LogP contribution < -0.4 is 10.1 Å². The van der Waals surface area contributed by atoms with Gasteiger partial charge in [-0.15, -0.1) is 24.8 Å². The van der Waals surface area contributed by atoms with Crippen molar-refractivity contribution in [3.63, 3.8) is 0 Å². The quantitative estimate of drug-likeness (QED) is 0.895. The minimum absolute atomic E-state index is 0. The van der Waals surface area contributed by atoms with E-state index in [-0.39, 0.29) is 24.8 Å². The first-order chi connectivity index (χ1) is 9.38. The molecular weight excluding hydrogens is 307 g/mol. The Hall–Kier alpha value is -0.480. The van der Waals surface area contributed by atoms with Gasteiger partial charge in [-0.25, -0.2) is 0 Å². The third kappa shape index (κ3) is 4.75. The third-order valence-electron chi connectivity index (χ3n) is 4.12. The first kappa shape index (κ1) is 18.6. The van der Waals surface area contributed by atoms with Crippen molar-refractivity contribution in [2.24, 2.45) is 5.92 Å². The van der Waals surface area contributed by atoms with E-state index in [1.54, 1.807) is 0 Å². The number of hydrogen-bond donors (Lipinski definition) is 1. The lowest BCUT2D eigenvalue weighted by molar-refractivity contribution is 0.156. The van der Waals surface area contributed by atoms with Crippen molar-refractivity contribution in [2.75, 3.05) is 32.8 Å². The van der Waals surface area contributed by atoms with Gasteiger partial charge in [0.1, 0.15) is 5.75 Å². The summed E-state index contributed by atoms with van der Waals surface area (Å²) in [5.74, 6) is 1.87. The molecule has 0 unspecified atom stereocenters. The Morgan fingerprint density at radius 2 is 1.95 bits per heavy atom. The second-order valence-electron chi connectivity index (χ2n) is 5.57. The summed E-state index contributed by atoms with van der Waals surface area (Å²) in [4.78, 5) is 2.65. The summed E-state index contributed by atoms with van der Waals surface area (Å²) in [7, 11) is 0. The summed E-state index contributed by atoms with van der Waals surface area (Å²) in [5, 5.41) is 3.45. The van der Waals surface area contributed by atoms with Crippen LogP contribution in [0.25, 0.3) is 0 Å². The van der Waals surface area contributed by atoms with Gasteiger partial charge in [-0.05, 0) is 43.4 Å². The molecule has 1 saturated heterocycles. The fourth-order valence-electron chi connectivity index (χ4n) is 3.11. The van der Waals surface area contributed by atoms with E-state index >= 15 is 0 Å². The van der Waals surface area contributed by atoms with Crippen LogP contribution in [-0.2, 0) is 0 Å². The fraction of sp³-hybridized carbons (Fsp3) is 0.625. The number of rotatable bonds is 5. The smallest absolute Gasteiger partial charge is 0.119 e. The zero-order valence-electron chi connectivity index (χ0n) is 12.6. The summed E-state index contributed by atoms with van der Waals surface area (Å²) in [5.41, 5.74) is 1.44. The Bertz CT molecular complexity index is 420. The Labute approximate surface area is 140 Å². The van der Waals surface area contributed by atoms with Crippen LogP contribution in [0.3, 0.4) is 0 Å². The molecule has 5 heteroatoms. The second-order valence-corrected chi connectivity index (χ2v) is 5.57. The molecule has 3 rings (SSSR count). The fourth-order valence-corrected chi connectivity index (χ4v) is 3.11. The number of hydrogen-bond acceptors (Lipinski definition) is 3. The van der Waals surface area contributed by atoms with E-state index in [0.717, 1.165) is 31.4 Å². The van der Waals surface area contributed by atoms with Crippen molar-refractivity contribution in [3.05, 3.63) is 29.8 Å². The predicted octanol–water partition coefficient (Wildman–Crippen LogP) is 3.29. The minimum Gasteiger partial charge on any atom is -0.494 e. The summed E-state index contributed by atoms with van der Waals surface area (Å²) in [6.45, 7) is 7.36. The lowest BCUT2D eigenvalue weighted by atomic mass is 9.99. The predicted molar refractivity (Wildman–Crippen MR) is 92.0 cm³/mol. The average molecular weight is 333 g/mol. The maximum atomic E-state index is 5.65. The van der Waals surface area contributed by atoms with Crippen LogP contribution >= 0.6 is 24.8 Å². The summed E-state index contributed by atoms with van der Waals surface area (Å²) >= 11 is 0. The molecule has 0 spiro atoms. The van der Waals surface area contributed by atoms with Gasteiger partial charge in [0.15, 0.2) is 0 Å². The largest absolute Gasteiger partial charge is 0.494 e. The van der Waals surface area contributed by atoms with Crippen molar-refractivity contribution in [1.82, 2.24) is 10.2 Å². The molecular formula is C16H26Cl2N2O. The average Bonchev–Trinajstić information content (AvgIpc) is 3.26. The molecule has 1 atom stereocenters. The lowest BCUT2D eigenvalue weighted by Gasteiger charge is -2.35. The number of benzene rings is 1. The highest BCUT2D eigenvalue weighted by atomic mass is 35.5. The number of ether oxygens (including phenoxy) is 1. The van der Waals surface area contributed by atoms with Gasteiger partial charge in [0, 0.05) is 32.2 Å². The van der Waals surface area contributed by atoms with Gasteiger partial charge in [0.2, 0.25) is 0 Å². The lowest BCUT2D eigenvalue weighted by Crippen LogP contribution is -2.45. The van der Waals surface area contributed by atoms with Crippen molar-refractivity contribution < 1.29 is 4.74 Å². The van der Waals surface area contributed by atoms with Crippen LogP contribution in [0, 0.1) is 5.92 Å². The number of halogens is 2. The standard InChI is InChI=1S/C16H24N2O.2ClH/c1-2-19-15-5-3-4-14(12-15)16(13-6-7-13)18-10-8-17-9-11-18;;/h3-5,12-13,16-17H,2,6-11H2,1H3;2*1H/t16-;;/m0../s1.